The topological polar surface area (TPSA) is 52.7 Å². The Morgan fingerprint density at radius 1 is 1.07 bits per heavy atom. The largest absolute Gasteiger partial charge is 0.304 e. The van der Waals surface area contributed by atoms with Crippen molar-refractivity contribution < 1.29 is 0 Å². The van der Waals surface area contributed by atoms with Gasteiger partial charge >= 0.3 is 0 Å². The predicted octanol–water partition coefficient (Wildman–Crippen LogP) is 4.08. The maximum Gasteiger partial charge on any atom is 0.259 e. The summed E-state index contributed by atoms with van der Waals surface area (Å²) in [6, 6.07) is 17.3. The molecular weight excluding hydrogens is 360 g/mol. The Balaban J connectivity index is 1.71. The molecule has 2 heterocycles. The molecule has 0 aliphatic heterocycles. The molecular formula is C21H19ClN4O. The van der Waals surface area contributed by atoms with Crippen LogP contribution in [0.4, 0.5) is 0 Å². The Morgan fingerprint density at radius 3 is 2.63 bits per heavy atom. The summed E-state index contributed by atoms with van der Waals surface area (Å²) in [5.74, 6) is 0. The summed E-state index contributed by atoms with van der Waals surface area (Å²) >= 11 is 6.04. The van der Waals surface area contributed by atoms with Crippen molar-refractivity contribution in [3.05, 3.63) is 93.6 Å². The number of nitrogens with zero attached hydrogens (tertiary/aromatic N) is 4. The molecule has 6 heteroatoms. The zero-order valence-electron chi connectivity index (χ0n) is 15.1. The molecule has 136 valence electrons. The molecule has 0 saturated heterocycles. The molecule has 0 aliphatic carbocycles. The third-order valence-corrected chi connectivity index (χ3v) is 5.06. The van der Waals surface area contributed by atoms with Gasteiger partial charge in [0.1, 0.15) is 5.69 Å². The number of hydrogen-bond acceptors (Lipinski definition) is 3. The van der Waals surface area contributed by atoms with Gasteiger partial charge in [0.2, 0.25) is 0 Å². The minimum absolute atomic E-state index is 0.0771. The van der Waals surface area contributed by atoms with Crippen LogP contribution in [0.1, 0.15) is 25.1 Å². The van der Waals surface area contributed by atoms with E-state index in [1.54, 1.807) is 33.6 Å². The van der Waals surface area contributed by atoms with Gasteiger partial charge in [0.25, 0.3) is 5.56 Å². The molecule has 0 fully saturated rings. The van der Waals surface area contributed by atoms with Crippen molar-refractivity contribution in [3.63, 3.8) is 0 Å². The molecule has 0 bridgehead atoms. The third kappa shape index (κ3) is 3.26. The average Bonchev–Trinajstić information content (AvgIpc) is 3.12. The molecule has 4 aromatic rings. The zero-order valence-corrected chi connectivity index (χ0v) is 15.9. The van der Waals surface area contributed by atoms with Gasteiger partial charge in [-0.3, -0.25) is 4.79 Å². The second-order valence-corrected chi connectivity index (χ2v) is 7.50. The SMILES string of the molecule is CC(C)(c1cn(Cc2ccccc2)nn1)n1ccc2cc(Cl)ccc2c1=O. The number of benzene rings is 2. The van der Waals surface area contributed by atoms with E-state index in [1.807, 2.05) is 56.4 Å². The van der Waals surface area contributed by atoms with Crippen molar-refractivity contribution >= 4 is 22.4 Å². The van der Waals surface area contributed by atoms with E-state index in [2.05, 4.69) is 10.3 Å². The van der Waals surface area contributed by atoms with Crippen LogP contribution in [-0.4, -0.2) is 19.6 Å². The van der Waals surface area contributed by atoms with E-state index >= 15 is 0 Å². The summed E-state index contributed by atoms with van der Waals surface area (Å²) in [6.45, 7) is 4.56. The van der Waals surface area contributed by atoms with Crippen LogP contribution < -0.4 is 5.56 Å². The standard InChI is InChI=1S/C21H19ClN4O/c1-21(2,19-14-25(24-23-19)13-15-6-4-3-5-7-15)26-11-10-16-12-17(22)8-9-18(16)20(26)27/h3-12,14H,13H2,1-2H3. The Morgan fingerprint density at radius 2 is 1.85 bits per heavy atom. The number of pyridine rings is 1. The van der Waals surface area contributed by atoms with Crippen molar-refractivity contribution in [2.75, 3.05) is 0 Å². The van der Waals surface area contributed by atoms with E-state index in [1.165, 1.54) is 0 Å². The number of halogens is 1. The van der Waals surface area contributed by atoms with Gasteiger partial charge in [0.15, 0.2) is 0 Å². The molecule has 2 aromatic heterocycles. The molecule has 27 heavy (non-hydrogen) atoms. The quantitative estimate of drug-likeness (QED) is 0.537. The lowest BCUT2D eigenvalue weighted by Crippen LogP contribution is -2.37. The first-order valence-corrected chi connectivity index (χ1v) is 9.09. The van der Waals surface area contributed by atoms with Gasteiger partial charge in [-0.25, -0.2) is 4.68 Å². The first-order valence-electron chi connectivity index (χ1n) is 8.71. The maximum atomic E-state index is 13.0. The number of fused-ring (bicyclic) bond motifs is 1. The van der Waals surface area contributed by atoms with Gasteiger partial charge in [-0.2, -0.15) is 0 Å². The highest BCUT2D eigenvalue weighted by Crippen LogP contribution is 2.24. The fourth-order valence-electron chi connectivity index (χ4n) is 3.21. The van der Waals surface area contributed by atoms with E-state index in [9.17, 15) is 4.79 Å². The van der Waals surface area contributed by atoms with Crippen molar-refractivity contribution in [2.45, 2.75) is 25.9 Å². The highest BCUT2D eigenvalue weighted by Gasteiger charge is 2.28. The summed E-state index contributed by atoms with van der Waals surface area (Å²) in [5.41, 5.74) is 1.16. The number of rotatable bonds is 4. The van der Waals surface area contributed by atoms with Gasteiger partial charge in [0, 0.05) is 16.6 Å². The Labute approximate surface area is 161 Å². The molecule has 0 spiro atoms. The Hall–Kier alpha value is -2.92. The van der Waals surface area contributed by atoms with Gasteiger partial charge in [-0.05, 0) is 49.1 Å². The summed E-state index contributed by atoms with van der Waals surface area (Å²) < 4.78 is 3.48. The first-order chi connectivity index (χ1) is 12.9. The molecule has 2 aromatic carbocycles. The second kappa shape index (κ2) is 6.67. The van der Waals surface area contributed by atoms with E-state index < -0.39 is 5.54 Å². The van der Waals surface area contributed by atoms with Crippen LogP contribution in [0.25, 0.3) is 10.8 Å². The van der Waals surface area contributed by atoms with Gasteiger partial charge in [-0.1, -0.05) is 47.1 Å². The monoisotopic (exact) mass is 378 g/mol. The normalized spacial score (nSPS) is 11.8. The van der Waals surface area contributed by atoms with E-state index in [4.69, 9.17) is 11.6 Å². The highest BCUT2D eigenvalue weighted by atomic mass is 35.5. The summed E-state index contributed by atoms with van der Waals surface area (Å²) in [4.78, 5) is 13.0. The minimum atomic E-state index is -0.639. The van der Waals surface area contributed by atoms with Crippen molar-refractivity contribution in [2.24, 2.45) is 0 Å². The molecule has 0 saturated carbocycles. The number of aromatic nitrogens is 4. The lowest BCUT2D eigenvalue weighted by atomic mass is 10.00. The number of hydrogen-bond donors (Lipinski definition) is 0. The van der Waals surface area contributed by atoms with Gasteiger partial charge in [-0.15, -0.1) is 5.10 Å². The fourth-order valence-corrected chi connectivity index (χ4v) is 3.39. The fraction of sp³-hybridized carbons (Fsp3) is 0.190. The smallest absolute Gasteiger partial charge is 0.259 e. The molecule has 0 radical (unpaired) electrons. The van der Waals surface area contributed by atoms with Crippen molar-refractivity contribution in [1.29, 1.82) is 0 Å². The zero-order chi connectivity index (χ0) is 19.0. The van der Waals surface area contributed by atoms with E-state index in [0.717, 1.165) is 16.6 Å². The minimum Gasteiger partial charge on any atom is -0.304 e. The van der Waals surface area contributed by atoms with Crippen LogP contribution in [0, 0.1) is 0 Å². The summed E-state index contributed by atoms with van der Waals surface area (Å²) in [7, 11) is 0. The van der Waals surface area contributed by atoms with Crippen LogP contribution in [0.2, 0.25) is 5.02 Å². The molecule has 4 rings (SSSR count). The molecule has 0 N–H and O–H groups in total. The van der Waals surface area contributed by atoms with Gasteiger partial charge in [0.05, 0.1) is 18.3 Å². The van der Waals surface area contributed by atoms with Crippen LogP contribution in [0.3, 0.4) is 0 Å². The molecule has 0 atom stereocenters. The molecule has 0 unspecified atom stereocenters. The molecule has 5 nitrogen and oxygen atoms in total. The van der Waals surface area contributed by atoms with Crippen molar-refractivity contribution in [1.82, 2.24) is 19.6 Å². The maximum absolute atomic E-state index is 13.0. The molecule has 0 amide bonds. The van der Waals surface area contributed by atoms with Crippen molar-refractivity contribution in [3.8, 4) is 0 Å². The lowest BCUT2D eigenvalue weighted by Gasteiger charge is -2.25. The van der Waals surface area contributed by atoms with Gasteiger partial charge < -0.3 is 4.57 Å². The molecule has 0 aliphatic rings. The van der Waals surface area contributed by atoms with Crippen LogP contribution >= 0.6 is 11.6 Å². The van der Waals surface area contributed by atoms with Crippen LogP contribution in [-0.2, 0) is 12.1 Å². The second-order valence-electron chi connectivity index (χ2n) is 7.07. The first kappa shape index (κ1) is 17.5. The van der Waals surface area contributed by atoms with Crippen LogP contribution in [0.15, 0.2) is 71.8 Å². The predicted molar refractivity (Wildman–Crippen MR) is 107 cm³/mol. The van der Waals surface area contributed by atoms with E-state index in [-0.39, 0.29) is 5.56 Å². The Kier molecular flexibility index (Phi) is 4.32. The van der Waals surface area contributed by atoms with E-state index in [0.29, 0.717) is 17.0 Å². The third-order valence-electron chi connectivity index (χ3n) is 4.82. The highest BCUT2D eigenvalue weighted by molar-refractivity contribution is 6.31. The Bertz CT molecular complexity index is 1160. The summed E-state index contributed by atoms with van der Waals surface area (Å²) in [6.07, 6.45) is 3.68. The summed E-state index contributed by atoms with van der Waals surface area (Å²) in [5, 5.41) is 10.6. The van der Waals surface area contributed by atoms with Crippen LogP contribution in [0.5, 0.6) is 0 Å². The lowest BCUT2D eigenvalue weighted by molar-refractivity contribution is 0.411. The average molecular weight is 379 g/mol.